The maximum Gasteiger partial charge on any atom is 0.148 e. The normalized spacial score (nSPS) is 10.4. The number of Topliss-reactive ketones (excluding diaryl/α,β-unsaturated/α-hetero) is 1. The average Bonchev–Trinajstić information content (AvgIpc) is 2.40. The van der Waals surface area contributed by atoms with Crippen molar-refractivity contribution < 1.29 is 4.79 Å². The lowest BCUT2D eigenvalue weighted by atomic mass is 9.85. The lowest BCUT2D eigenvalue weighted by Crippen LogP contribution is -2.14. The quantitative estimate of drug-likeness (QED) is 0.721. The van der Waals surface area contributed by atoms with Crippen molar-refractivity contribution in [1.29, 1.82) is 0 Å². The van der Waals surface area contributed by atoms with Gasteiger partial charge in [-0.1, -0.05) is 72.8 Å². The number of hydrogen-bond acceptors (Lipinski definition) is 1. The second-order valence-electron chi connectivity index (χ2n) is 4.85. The fraction of sp³-hybridized carbons (Fsp3) is 0.167. The SMILES string of the molecule is C=C(C)CC(=O)C(c1ccccc1)c1ccccc1. The Morgan fingerprint density at radius 1 is 0.947 bits per heavy atom. The number of hydrogen-bond donors (Lipinski definition) is 0. The number of carbonyl (C=O) groups excluding carboxylic acids is 1. The summed E-state index contributed by atoms with van der Waals surface area (Å²) in [6.45, 7) is 5.74. The molecule has 0 heterocycles. The standard InChI is InChI=1S/C18H18O/c1-14(2)13-17(19)18(15-9-5-3-6-10-15)16-11-7-4-8-12-16/h3-12,18H,1,13H2,2H3. The second kappa shape index (κ2) is 6.14. The molecule has 0 radical (unpaired) electrons. The third-order valence-corrected chi connectivity index (χ3v) is 3.06. The van der Waals surface area contributed by atoms with Crippen LogP contribution in [0.2, 0.25) is 0 Å². The molecule has 0 bridgehead atoms. The van der Waals surface area contributed by atoms with Crippen molar-refractivity contribution in [3.8, 4) is 0 Å². The zero-order valence-corrected chi connectivity index (χ0v) is 11.2. The molecule has 2 aromatic carbocycles. The summed E-state index contributed by atoms with van der Waals surface area (Å²) >= 11 is 0. The monoisotopic (exact) mass is 250 g/mol. The first-order chi connectivity index (χ1) is 9.18. The molecule has 0 saturated carbocycles. The fourth-order valence-electron chi connectivity index (χ4n) is 2.25. The van der Waals surface area contributed by atoms with E-state index in [0.29, 0.717) is 6.42 Å². The van der Waals surface area contributed by atoms with Crippen molar-refractivity contribution in [3.63, 3.8) is 0 Å². The van der Waals surface area contributed by atoms with Crippen LogP contribution in [0.15, 0.2) is 72.8 Å². The molecule has 96 valence electrons. The van der Waals surface area contributed by atoms with Gasteiger partial charge in [0.25, 0.3) is 0 Å². The highest BCUT2D eigenvalue weighted by molar-refractivity contribution is 5.90. The third-order valence-electron chi connectivity index (χ3n) is 3.06. The van der Waals surface area contributed by atoms with Crippen LogP contribution in [0.4, 0.5) is 0 Å². The first-order valence-corrected chi connectivity index (χ1v) is 6.45. The number of rotatable bonds is 5. The summed E-state index contributed by atoms with van der Waals surface area (Å²) in [5.74, 6) is 0.00370. The largest absolute Gasteiger partial charge is 0.298 e. The van der Waals surface area contributed by atoms with E-state index in [1.807, 2.05) is 67.6 Å². The van der Waals surface area contributed by atoms with Crippen molar-refractivity contribution in [2.24, 2.45) is 0 Å². The van der Waals surface area contributed by atoms with Gasteiger partial charge < -0.3 is 0 Å². The van der Waals surface area contributed by atoms with Crippen molar-refractivity contribution >= 4 is 5.78 Å². The average molecular weight is 250 g/mol. The molecule has 0 aromatic heterocycles. The molecule has 2 aromatic rings. The summed E-state index contributed by atoms with van der Waals surface area (Å²) in [5.41, 5.74) is 2.99. The highest BCUT2D eigenvalue weighted by Gasteiger charge is 2.21. The van der Waals surface area contributed by atoms with Gasteiger partial charge >= 0.3 is 0 Å². The van der Waals surface area contributed by atoms with Crippen molar-refractivity contribution in [2.75, 3.05) is 0 Å². The summed E-state index contributed by atoms with van der Waals surface area (Å²) < 4.78 is 0. The highest BCUT2D eigenvalue weighted by atomic mass is 16.1. The van der Waals surface area contributed by atoms with Gasteiger partial charge in [-0.2, -0.15) is 0 Å². The van der Waals surface area contributed by atoms with Gasteiger partial charge in [0.1, 0.15) is 5.78 Å². The predicted molar refractivity (Wildman–Crippen MR) is 79.2 cm³/mol. The van der Waals surface area contributed by atoms with E-state index in [0.717, 1.165) is 16.7 Å². The van der Waals surface area contributed by atoms with E-state index in [1.54, 1.807) is 0 Å². The topological polar surface area (TPSA) is 17.1 Å². The van der Waals surface area contributed by atoms with E-state index < -0.39 is 0 Å². The van der Waals surface area contributed by atoms with E-state index in [1.165, 1.54) is 0 Å². The first-order valence-electron chi connectivity index (χ1n) is 6.45. The number of carbonyl (C=O) groups is 1. The van der Waals surface area contributed by atoms with Gasteiger partial charge in [0.15, 0.2) is 0 Å². The van der Waals surface area contributed by atoms with E-state index in [9.17, 15) is 4.79 Å². The number of allylic oxidation sites excluding steroid dienone is 1. The Morgan fingerprint density at radius 2 is 1.37 bits per heavy atom. The zero-order chi connectivity index (χ0) is 13.7. The smallest absolute Gasteiger partial charge is 0.148 e. The molecule has 2 rings (SSSR count). The minimum Gasteiger partial charge on any atom is -0.298 e. The molecule has 0 amide bonds. The van der Waals surface area contributed by atoms with E-state index in [4.69, 9.17) is 0 Å². The van der Waals surface area contributed by atoms with Crippen LogP contribution >= 0.6 is 0 Å². The summed E-state index contributed by atoms with van der Waals surface area (Å²) in [7, 11) is 0. The molecule has 0 atom stereocenters. The molecular formula is C18H18O. The van der Waals surface area contributed by atoms with Gasteiger partial charge in [0, 0.05) is 6.42 Å². The molecule has 0 aliphatic rings. The van der Waals surface area contributed by atoms with Gasteiger partial charge in [0.05, 0.1) is 5.92 Å². The van der Waals surface area contributed by atoms with Gasteiger partial charge in [0.2, 0.25) is 0 Å². The molecular weight excluding hydrogens is 232 g/mol. The van der Waals surface area contributed by atoms with Crippen molar-refractivity contribution in [2.45, 2.75) is 19.3 Å². The molecule has 0 saturated heterocycles. The van der Waals surface area contributed by atoms with E-state index in [-0.39, 0.29) is 11.7 Å². The molecule has 0 spiro atoms. The maximum absolute atomic E-state index is 12.5. The van der Waals surface area contributed by atoms with E-state index in [2.05, 4.69) is 6.58 Å². The zero-order valence-electron chi connectivity index (χ0n) is 11.2. The molecule has 0 aliphatic heterocycles. The number of benzene rings is 2. The summed E-state index contributed by atoms with van der Waals surface area (Å²) in [6, 6.07) is 19.9. The fourth-order valence-corrected chi connectivity index (χ4v) is 2.25. The third kappa shape index (κ3) is 3.41. The van der Waals surface area contributed by atoms with Crippen LogP contribution in [-0.4, -0.2) is 5.78 Å². The number of ketones is 1. The van der Waals surface area contributed by atoms with Gasteiger partial charge in [-0.3, -0.25) is 4.79 Å². The van der Waals surface area contributed by atoms with Crippen LogP contribution in [0.1, 0.15) is 30.4 Å². The van der Waals surface area contributed by atoms with Crippen molar-refractivity contribution in [1.82, 2.24) is 0 Å². The van der Waals surface area contributed by atoms with Crippen LogP contribution in [0.3, 0.4) is 0 Å². The van der Waals surface area contributed by atoms with Crippen LogP contribution in [0.25, 0.3) is 0 Å². The van der Waals surface area contributed by atoms with Crippen LogP contribution < -0.4 is 0 Å². The maximum atomic E-state index is 12.5. The molecule has 0 fully saturated rings. The van der Waals surface area contributed by atoms with Crippen LogP contribution in [0.5, 0.6) is 0 Å². The van der Waals surface area contributed by atoms with Gasteiger partial charge in [-0.05, 0) is 18.1 Å². The molecule has 0 unspecified atom stereocenters. The highest BCUT2D eigenvalue weighted by Crippen LogP contribution is 2.27. The summed E-state index contributed by atoms with van der Waals surface area (Å²) in [5, 5.41) is 0. The Hall–Kier alpha value is -2.15. The lowest BCUT2D eigenvalue weighted by Gasteiger charge is -2.17. The summed E-state index contributed by atoms with van der Waals surface area (Å²) in [4.78, 5) is 12.5. The minimum absolute atomic E-state index is 0.195. The first kappa shape index (κ1) is 13.3. The van der Waals surface area contributed by atoms with Crippen molar-refractivity contribution in [3.05, 3.63) is 83.9 Å². The summed E-state index contributed by atoms with van der Waals surface area (Å²) in [6.07, 6.45) is 0.425. The molecule has 1 heteroatoms. The Morgan fingerprint density at radius 3 is 1.74 bits per heavy atom. The second-order valence-corrected chi connectivity index (χ2v) is 4.85. The Kier molecular flexibility index (Phi) is 4.30. The Bertz CT molecular complexity index is 515. The predicted octanol–water partition coefficient (Wildman–Crippen LogP) is 4.35. The Balaban J connectivity index is 2.40. The molecule has 1 nitrogen and oxygen atoms in total. The molecule has 0 N–H and O–H groups in total. The molecule has 0 aliphatic carbocycles. The van der Waals surface area contributed by atoms with Crippen LogP contribution in [-0.2, 0) is 4.79 Å². The lowest BCUT2D eigenvalue weighted by molar-refractivity contribution is -0.119. The molecule has 19 heavy (non-hydrogen) atoms. The minimum atomic E-state index is -0.195. The van der Waals surface area contributed by atoms with E-state index >= 15 is 0 Å². The van der Waals surface area contributed by atoms with Gasteiger partial charge in [-0.15, -0.1) is 0 Å². The van der Waals surface area contributed by atoms with Gasteiger partial charge in [-0.25, -0.2) is 0 Å². The van der Waals surface area contributed by atoms with Crippen LogP contribution in [0, 0.1) is 0 Å². The Labute approximate surface area is 114 Å².